The molecule has 40 heavy (non-hydrogen) atoms. The van der Waals surface area contributed by atoms with Gasteiger partial charge in [-0.2, -0.15) is 16.9 Å². The molecule has 7 nitrogen and oxygen atoms in total. The van der Waals surface area contributed by atoms with E-state index in [0.29, 0.717) is 35.5 Å². The predicted molar refractivity (Wildman–Crippen MR) is 166 cm³/mol. The highest BCUT2D eigenvalue weighted by Crippen LogP contribution is 2.27. The Morgan fingerprint density at radius 1 is 1.02 bits per heavy atom. The average Bonchev–Trinajstić information content (AvgIpc) is 3.34. The molecule has 0 saturated carbocycles. The van der Waals surface area contributed by atoms with Crippen LogP contribution in [0.3, 0.4) is 0 Å². The molecule has 0 radical (unpaired) electrons. The maximum atomic E-state index is 12.7. The molecule has 1 aromatic heterocycles. The van der Waals surface area contributed by atoms with Gasteiger partial charge in [0.2, 0.25) is 0 Å². The summed E-state index contributed by atoms with van der Waals surface area (Å²) in [7, 11) is 1.59. The van der Waals surface area contributed by atoms with Crippen LogP contribution in [0.25, 0.3) is 5.69 Å². The lowest BCUT2D eigenvalue weighted by molar-refractivity contribution is 0.0971. The number of nitrogens with two attached hydrogens (primary N) is 1. The minimum atomic E-state index is -0.615. The van der Waals surface area contributed by atoms with Crippen LogP contribution >= 0.6 is 11.8 Å². The molecule has 1 aliphatic heterocycles. The second-order valence-corrected chi connectivity index (χ2v) is 10.8. The largest absolute Gasteiger partial charge is 0.497 e. The third-order valence-electron chi connectivity index (χ3n) is 6.62. The number of hydrogen-bond acceptors (Lipinski definition) is 6. The highest BCUT2D eigenvalue weighted by Gasteiger charge is 2.25. The molecule has 1 fully saturated rings. The molecular formula is C32H42N4O3S. The number of carbonyl (C=O) groups excluding carboxylic acids is 2. The molecule has 0 atom stereocenters. The van der Waals surface area contributed by atoms with Crippen LogP contribution in [0, 0.1) is 6.92 Å². The topological polar surface area (TPSA) is 90.5 Å². The Labute approximate surface area is 242 Å². The molecule has 8 heteroatoms. The lowest BCUT2D eigenvalue weighted by atomic mass is 10.0. The molecule has 0 aliphatic carbocycles. The first-order chi connectivity index (χ1) is 19.3. The average molecular weight is 563 g/mol. The molecular weight excluding hydrogens is 520 g/mol. The zero-order valence-corrected chi connectivity index (χ0v) is 25.2. The number of methoxy groups -OCH3 is 1. The van der Waals surface area contributed by atoms with Crippen molar-refractivity contribution in [2.45, 2.75) is 59.8 Å². The zero-order valence-electron chi connectivity index (χ0n) is 24.4. The first-order valence-electron chi connectivity index (χ1n) is 14.0. The quantitative estimate of drug-likeness (QED) is 0.275. The summed E-state index contributed by atoms with van der Waals surface area (Å²) in [5.74, 6) is 2.45. The Hall–Kier alpha value is -3.52. The summed E-state index contributed by atoms with van der Waals surface area (Å²) in [6.45, 7) is 9.42. The first-order valence-corrected chi connectivity index (χ1v) is 15.2. The summed E-state index contributed by atoms with van der Waals surface area (Å²) in [6.07, 6.45) is 5.98. The standard InChI is InChI=1S/C18H23N3O3.C14H19NS/c1-4-6-14-16(18(19)23)20-21(17(14)15(22)7-5-2)12-8-10-13(24-3)11-9-12;1-3-4-14-11-16-10-9-15(14)13-7-5-12(2)6-8-13/h8-11H,4-7H2,1-3H3,(H2,19,23);4-8H,3,9-11H2,1-2H3/b;14-4-. The fourth-order valence-corrected chi connectivity index (χ4v) is 5.59. The summed E-state index contributed by atoms with van der Waals surface area (Å²) in [6, 6.07) is 16.0. The van der Waals surface area contributed by atoms with Crippen molar-refractivity contribution in [3.8, 4) is 11.4 Å². The maximum absolute atomic E-state index is 12.7. The number of rotatable bonds is 10. The Kier molecular flexibility index (Phi) is 11.9. The Morgan fingerprint density at radius 3 is 2.27 bits per heavy atom. The number of anilines is 1. The van der Waals surface area contributed by atoms with Crippen molar-refractivity contribution in [1.82, 2.24) is 9.78 Å². The van der Waals surface area contributed by atoms with Crippen LogP contribution in [0.2, 0.25) is 0 Å². The Bertz CT molecular complexity index is 1300. The van der Waals surface area contributed by atoms with Crippen molar-refractivity contribution >= 4 is 29.1 Å². The summed E-state index contributed by atoms with van der Waals surface area (Å²) in [4.78, 5) is 26.9. The van der Waals surface area contributed by atoms with Crippen molar-refractivity contribution < 1.29 is 14.3 Å². The minimum absolute atomic E-state index is 0.0308. The molecule has 3 aromatic rings. The van der Waals surface area contributed by atoms with Crippen molar-refractivity contribution in [3.05, 3.63) is 82.8 Å². The van der Waals surface area contributed by atoms with E-state index in [1.54, 1.807) is 31.4 Å². The number of allylic oxidation sites excluding steroid dienone is 1. The molecule has 0 unspecified atom stereocenters. The molecule has 0 spiro atoms. The van der Waals surface area contributed by atoms with Gasteiger partial charge in [0.25, 0.3) is 5.91 Å². The van der Waals surface area contributed by atoms with Crippen LogP contribution in [0.5, 0.6) is 5.75 Å². The van der Waals surface area contributed by atoms with Crippen LogP contribution in [0.1, 0.15) is 78.6 Å². The molecule has 1 amide bonds. The van der Waals surface area contributed by atoms with E-state index < -0.39 is 5.91 Å². The highest BCUT2D eigenvalue weighted by molar-refractivity contribution is 7.99. The van der Waals surface area contributed by atoms with Gasteiger partial charge in [-0.25, -0.2) is 4.68 Å². The molecule has 4 rings (SSSR count). The summed E-state index contributed by atoms with van der Waals surface area (Å²) in [5.41, 5.74) is 11.6. The smallest absolute Gasteiger partial charge is 0.269 e. The fraction of sp³-hybridized carbons (Fsp3) is 0.406. The molecule has 214 valence electrons. The van der Waals surface area contributed by atoms with E-state index >= 15 is 0 Å². The molecule has 2 aromatic carbocycles. The second kappa shape index (κ2) is 15.3. The number of hydrogen-bond donors (Lipinski definition) is 1. The van der Waals surface area contributed by atoms with Gasteiger partial charge in [-0.1, -0.05) is 51.0 Å². The number of thioether (sulfide) groups is 1. The molecule has 2 heterocycles. The number of amides is 1. The monoisotopic (exact) mass is 562 g/mol. The first kappa shape index (κ1) is 31.0. The van der Waals surface area contributed by atoms with Gasteiger partial charge in [0, 0.05) is 41.4 Å². The third-order valence-corrected chi connectivity index (χ3v) is 7.59. The van der Waals surface area contributed by atoms with E-state index in [-0.39, 0.29) is 11.5 Å². The van der Waals surface area contributed by atoms with Crippen LogP contribution in [0.4, 0.5) is 5.69 Å². The van der Waals surface area contributed by atoms with Gasteiger partial charge in [0.1, 0.15) is 11.4 Å². The number of aromatic nitrogens is 2. The van der Waals surface area contributed by atoms with E-state index in [1.165, 1.54) is 27.4 Å². The number of Topliss-reactive ketones (excluding diaryl/α,β-unsaturated/α-hetero) is 1. The van der Waals surface area contributed by atoms with Gasteiger partial charge in [-0.15, -0.1) is 0 Å². The number of carbonyl (C=O) groups is 2. The van der Waals surface area contributed by atoms with Gasteiger partial charge in [0.05, 0.1) is 12.8 Å². The van der Waals surface area contributed by atoms with Gasteiger partial charge in [0.15, 0.2) is 11.5 Å². The van der Waals surface area contributed by atoms with E-state index in [2.05, 4.69) is 54.2 Å². The molecule has 0 bridgehead atoms. The molecule has 1 aliphatic rings. The number of nitrogens with zero attached hydrogens (tertiary/aromatic N) is 3. The lowest BCUT2D eigenvalue weighted by Gasteiger charge is -2.31. The van der Waals surface area contributed by atoms with Gasteiger partial charge in [-0.3, -0.25) is 9.59 Å². The number of primary amides is 1. The van der Waals surface area contributed by atoms with E-state index in [4.69, 9.17) is 10.5 Å². The predicted octanol–water partition coefficient (Wildman–Crippen LogP) is 6.76. The van der Waals surface area contributed by atoms with Crippen molar-refractivity contribution in [2.24, 2.45) is 5.73 Å². The van der Waals surface area contributed by atoms with Gasteiger partial charge < -0.3 is 15.4 Å². The number of benzene rings is 2. The normalized spacial score (nSPS) is 14.0. The van der Waals surface area contributed by atoms with Crippen molar-refractivity contribution in [2.75, 3.05) is 30.1 Å². The van der Waals surface area contributed by atoms with Gasteiger partial charge >= 0.3 is 0 Å². The fourth-order valence-electron chi connectivity index (χ4n) is 4.66. The van der Waals surface area contributed by atoms with Gasteiger partial charge in [-0.05, 0) is 62.6 Å². The second-order valence-electron chi connectivity index (χ2n) is 9.72. The number of ether oxygens (including phenoxy) is 1. The van der Waals surface area contributed by atoms with Crippen LogP contribution in [-0.2, 0) is 6.42 Å². The van der Waals surface area contributed by atoms with E-state index in [9.17, 15) is 9.59 Å². The summed E-state index contributed by atoms with van der Waals surface area (Å²) < 4.78 is 6.69. The Balaban J connectivity index is 0.000000238. The molecule has 2 N–H and O–H groups in total. The van der Waals surface area contributed by atoms with Crippen LogP contribution < -0.4 is 15.4 Å². The molecule has 1 saturated heterocycles. The Morgan fingerprint density at radius 2 is 1.70 bits per heavy atom. The minimum Gasteiger partial charge on any atom is -0.497 e. The lowest BCUT2D eigenvalue weighted by Crippen LogP contribution is -2.30. The summed E-state index contributed by atoms with van der Waals surface area (Å²) in [5, 5.41) is 4.34. The van der Waals surface area contributed by atoms with Crippen molar-refractivity contribution in [3.63, 3.8) is 0 Å². The third kappa shape index (κ3) is 7.78. The van der Waals surface area contributed by atoms with Crippen LogP contribution in [0.15, 0.2) is 60.3 Å². The van der Waals surface area contributed by atoms with E-state index in [1.807, 2.05) is 25.6 Å². The number of aryl methyl sites for hydroxylation is 1. The zero-order chi connectivity index (χ0) is 29.1. The SMILES string of the molecule is CC/C=C1/CSCCN1c1ccc(C)cc1.CCCC(=O)c1c(CCC)c(C(N)=O)nn1-c1ccc(OC)cc1. The van der Waals surface area contributed by atoms with Crippen LogP contribution in [-0.4, -0.2) is 46.6 Å². The number of ketones is 1. The van der Waals surface area contributed by atoms with Crippen molar-refractivity contribution in [1.29, 1.82) is 0 Å². The highest BCUT2D eigenvalue weighted by atomic mass is 32.2. The van der Waals surface area contributed by atoms with E-state index in [0.717, 1.165) is 31.6 Å². The summed E-state index contributed by atoms with van der Waals surface area (Å²) >= 11 is 2.03. The maximum Gasteiger partial charge on any atom is 0.269 e.